The number of carboxylic acid groups (broad SMARTS) is 1. The van der Waals surface area contributed by atoms with Crippen molar-refractivity contribution < 1.29 is 16.1 Å². The summed E-state index contributed by atoms with van der Waals surface area (Å²) >= 11 is 0. The molecule has 0 spiro atoms. The van der Waals surface area contributed by atoms with Crippen molar-refractivity contribution in [2.75, 3.05) is 0 Å². The molecule has 8 heavy (non-hydrogen) atoms. The Bertz CT molecular complexity index is 145. The average Bonchev–Trinajstić information content (AvgIpc) is 1.62. The number of ketones is 1. The van der Waals surface area contributed by atoms with E-state index in [4.69, 9.17) is 6.48 Å². The Morgan fingerprint density at radius 2 is 2.00 bits per heavy atom. The van der Waals surface area contributed by atoms with Gasteiger partial charge in [0.2, 0.25) is 5.78 Å². The van der Waals surface area contributed by atoms with Crippen LogP contribution in [0.3, 0.4) is 0 Å². The fraction of sp³-hybridized carbons (Fsp3) is 0.600. The Labute approximate surface area is 48.7 Å². The summed E-state index contributed by atoms with van der Waals surface area (Å²) in [6, 6.07) is 0. The highest BCUT2D eigenvalue weighted by molar-refractivity contribution is 6.33. The van der Waals surface area contributed by atoms with E-state index in [1.165, 1.54) is 13.8 Å². The van der Waals surface area contributed by atoms with E-state index in [1.807, 2.05) is 0 Å². The number of rotatable bonds is 2. The Morgan fingerprint density at radius 3 is 2.00 bits per heavy atom. The molecule has 0 aliphatic heterocycles. The van der Waals surface area contributed by atoms with Gasteiger partial charge in [-0.1, -0.05) is 13.8 Å². The van der Waals surface area contributed by atoms with Gasteiger partial charge in [0.25, 0.3) is 0 Å². The number of Topliss-reactive ketones (excluding diaryl/α,β-unsaturated/α-hetero) is 1. The largest absolute Gasteiger partial charge is 0.475 e. The van der Waals surface area contributed by atoms with E-state index in [9.17, 15) is 9.59 Å². The third kappa shape index (κ3) is 1.73. The van der Waals surface area contributed by atoms with Crippen LogP contribution in [0.4, 0.5) is 0 Å². The molecule has 0 atom stereocenters. The van der Waals surface area contributed by atoms with Gasteiger partial charge in [-0.15, -0.1) is 0 Å². The van der Waals surface area contributed by atoms with E-state index >= 15 is 0 Å². The Balaban J connectivity index is 4.23. The maximum absolute atomic E-state index is 10.4. The van der Waals surface area contributed by atoms with Crippen LogP contribution in [0.1, 0.15) is 15.2 Å². The van der Waals surface area contributed by atoms with Gasteiger partial charge < -0.3 is 5.11 Å². The van der Waals surface area contributed by atoms with Crippen molar-refractivity contribution in [3.8, 4) is 0 Å². The van der Waals surface area contributed by atoms with Crippen molar-refractivity contribution in [3.05, 3.63) is 0 Å². The first-order chi connectivity index (χ1) is 3.85. The summed E-state index contributed by atoms with van der Waals surface area (Å²) in [5.74, 6) is -4.14. The molecule has 0 aromatic heterocycles. The average molecular weight is 119 g/mol. The van der Waals surface area contributed by atoms with Crippen LogP contribution in [0.2, 0.25) is 0 Å². The molecule has 0 saturated carbocycles. The van der Waals surface area contributed by atoms with Crippen molar-refractivity contribution in [2.24, 2.45) is 5.89 Å². The highest BCUT2D eigenvalue weighted by Gasteiger charge is 2.14. The molecule has 0 aromatic carbocycles. The van der Waals surface area contributed by atoms with Gasteiger partial charge >= 0.3 is 5.97 Å². The van der Waals surface area contributed by atoms with Gasteiger partial charge in [0.1, 0.15) is 0 Å². The second-order valence-corrected chi connectivity index (χ2v) is 1.63. The van der Waals surface area contributed by atoms with E-state index in [0.717, 1.165) is 0 Å². The second-order valence-electron chi connectivity index (χ2n) is 1.63. The van der Waals surface area contributed by atoms with E-state index < -0.39 is 17.6 Å². The van der Waals surface area contributed by atoms with Gasteiger partial charge in [-0.2, -0.15) is 0 Å². The molecule has 0 radical (unpaired) electrons. The lowest BCUT2D eigenvalue weighted by atomic mass is 10.3. The number of hydrogen-bond acceptors (Lipinski definition) is 2. The first-order valence-corrected chi connectivity index (χ1v) is 2.13. The zero-order valence-corrected chi connectivity index (χ0v) is 4.76. The van der Waals surface area contributed by atoms with Crippen LogP contribution in [0.5, 0.6) is 0 Å². The van der Waals surface area contributed by atoms with Crippen LogP contribution in [-0.2, 0) is 9.59 Å². The van der Waals surface area contributed by atoms with Gasteiger partial charge in [-0.25, -0.2) is 4.79 Å². The van der Waals surface area contributed by atoms with Crippen LogP contribution < -0.4 is 0 Å². The molecule has 0 aromatic rings. The molecular weight excluding hydrogens is 110 g/mol. The fourth-order valence-corrected chi connectivity index (χ4v) is 0.214. The minimum Gasteiger partial charge on any atom is -0.475 e. The van der Waals surface area contributed by atoms with Crippen LogP contribution in [0.25, 0.3) is 0 Å². The minimum atomic E-state index is -1.55. The molecule has 0 rings (SSSR count). The molecule has 3 heteroatoms. The molecule has 3 nitrogen and oxygen atoms in total. The second kappa shape index (κ2) is 2.45. The summed E-state index contributed by atoms with van der Waals surface area (Å²) in [6.07, 6.45) is 0. The third-order valence-corrected chi connectivity index (χ3v) is 0.648. The van der Waals surface area contributed by atoms with Crippen molar-refractivity contribution >= 4 is 11.8 Å². The topological polar surface area (TPSA) is 54.4 Å². The summed E-state index contributed by atoms with van der Waals surface area (Å²) in [5.41, 5.74) is 0. The minimum absolute atomic E-state index is 1.08. The van der Waals surface area contributed by atoms with E-state index in [1.54, 1.807) is 0 Å². The molecule has 0 saturated heterocycles. The van der Waals surface area contributed by atoms with Crippen LogP contribution in [0.15, 0.2) is 0 Å². The molecule has 0 heterocycles. The van der Waals surface area contributed by atoms with Crippen molar-refractivity contribution in [2.45, 2.75) is 13.8 Å². The van der Waals surface area contributed by atoms with Crippen LogP contribution in [-0.4, -0.2) is 16.9 Å². The molecule has 0 aliphatic carbocycles. The summed E-state index contributed by atoms with van der Waals surface area (Å²) in [5, 5.41) is 8.05. The summed E-state index contributed by atoms with van der Waals surface area (Å²) < 4.78 is 6.94. The standard InChI is InChI=1S/C5H8O3/c1-3(2)4(6)5(7)8/h3H,1-2H3,(H,7,8)/i1+1,2+1,3D. The number of hydrogen-bond donors (Lipinski definition) is 1. The summed E-state index contributed by atoms with van der Waals surface area (Å²) in [4.78, 5) is 20.3. The highest BCUT2D eigenvalue weighted by Crippen LogP contribution is 1.92. The highest BCUT2D eigenvalue weighted by atomic mass is 16.4. The molecule has 0 bridgehead atoms. The van der Waals surface area contributed by atoms with Gasteiger partial charge in [0, 0.05) is 7.26 Å². The quantitative estimate of drug-likeness (QED) is 0.420. The third-order valence-electron chi connectivity index (χ3n) is 0.648. The van der Waals surface area contributed by atoms with Gasteiger partial charge in [0.05, 0.1) is 0 Å². The number of carbonyl (C=O) groups is 2. The van der Waals surface area contributed by atoms with Gasteiger partial charge in [-0.05, 0) is 0 Å². The maximum Gasteiger partial charge on any atom is 0.372 e. The first kappa shape index (κ1) is 5.28. The Kier molecular flexibility index (Phi) is 1.62. The normalized spacial score (nSPS) is 12.5. The Hall–Kier alpha value is -0.860. The summed E-state index contributed by atoms with van der Waals surface area (Å²) in [7, 11) is 0. The SMILES string of the molecule is [2H]C([13CH3])([13CH3])C(=O)C(=O)O. The molecular formula is C5H8O3. The molecule has 1 N–H and O–H groups in total. The molecule has 0 fully saturated rings. The van der Waals surface area contributed by atoms with E-state index in [-0.39, 0.29) is 0 Å². The fourth-order valence-electron chi connectivity index (χ4n) is 0.214. The van der Waals surface area contributed by atoms with E-state index in [2.05, 4.69) is 0 Å². The number of aliphatic carboxylic acids is 1. The zero-order chi connectivity index (χ0) is 7.65. The Morgan fingerprint density at radius 1 is 1.62 bits per heavy atom. The first-order valence-electron chi connectivity index (χ1n) is 2.63. The monoisotopic (exact) mass is 119 g/mol. The van der Waals surface area contributed by atoms with Gasteiger partial charge in [0.15, 0.2) is 0 Å². The molecule has 0 aliphatic rings. The lowest BCUT2D eigenvalue weighted by molar-refractivity contribution is -0.150. The van der Waals surface area contributed by atoms with Gasteiger partial charge in [-0.3, -0.25) is 4.79 Å². The predicted molar refractivity (Wildman–Crippen MR) is 27.5 cm³/mol. The molecule has 46 valence electrons. The summed E-state index contributed by atoms with van der Waals surface area (Å²) in [6.45, 7) is 2.48. The van der Waals surface area contributed by atoms with Crippen molar-refractivity contribution in [1.82, 2.24) is 0 Å². The predicted octanol–water partition coefficient (Wildman–Crippen LogP) is 0.296. The molecule has 0 amide bonds. The number of carboxylic acids is 1. The van der Waals surface area contributed by atoms with Crippen molar-refractivity contribution in [3.63, 3.8) is 0 Å². The van der Waals surface area contributed by atoms with E-state index in [0.29, 0.717) is 0 Å². The van der Waals surface area contributed by atoms with Crippen LogP contribution in [0, 0.1) is 5.89 Å². The van der Waals surface area contributed by atoms with Crippen molar-refractivity contribution in [1.29, 1.82) is 0 Å². The lowest BCUT2D eigenvalue weighted by Gasteiger charge is -1.93. The maximum atomic E-state index is 10.4. The lowest BCUT2D eigenvalue weighted by Crippen LogP contribution is -2.18. The number of carbonyl (C=O) groups excluding carboxylic acids is 1. The zero-order valence-electron chi connectivity index (χ0n) is 5.76. The van der Waals surface area contributed by atoms with Crippen LogP contribution >= 0.6 is 0 Å². The smallest absolute Gasteiger partial charge is 0.372 e. The molecule has 0 unspecified atom stereocenters.